The van der Waals surface area contributed by atoms with Crippen LogP contribution in [0.25, 0.3) is 0 Å². The summed E-state index contributed by atoms with van der Waals surface area (Å²) in [6.45, 7) is 7.11. The maximum Gasteiger partial charge on any atom is 0.101 e. The van der Waals surface area contributed by atoms with Gasteiger partial charge in [-0.25, -0.2) is 0 Å². The lowest BCUT2D eigenvalue weighted by atomic mass is 10.0. The zero-order chi connectivity index (χ0) is 8.48. The molecule has 2 nitrogen and oxygen atoms in total. The van der Waals surface area contributed by atoms with Gasteiger partial charge in [0, 0.05) is 6.20 Å². The summed E-state index contributed by atoms with van der Waals surface area (Å²) in [7, 11) is 0. The smallest absolute Gasteiger partial charge is 0.101 e. The van der Waals surface area contributed by atoms with E-state index < -0.39 is 5.60 Å². The van der Waals surface area contributed by atoms with Crippen molar-refractivity contribution in [3.63, 3.8) is 0 Å². The number of hydrogen-bond acceptors (Lipinski definition) is 2. The van der Waals surface area contributed by atoms with Crippen LogP contribution in [0.2, 0.25) is 0 Å². The molecule has 1 aromatic heterocycles. The Kier molecular flexibility index (Phi) is 1.96. The van der Waals surface area contributed by atoms with E-state index in [2.05, 4.69) is 11.9 Å². The molecule has 0 spiro atoms. The number of hydrogen-bond donors (Lipinski definition) is 1. The quantitative estimate of drug-likeness (QED) is 0.658. The largest absolute Gasteiger partial charge is 0.384 e. The highest BCUT2D eigenvalue weighted by molar-refractivity contribution is 5.19. The fourth-order valence-corrected chi connectivity index (χ4v) is 0.786. The molecule has 2 heteroatoms. The van der Waals surface area contributed by atoms with Gasteiger partial charge in [-0.2, -0.15) is 0 Å². The molecule has 1 aromatic rings. The minimum absolute atomic E-state index is 0.671. The number of aliphatic hydroxyl groups is 1. The van der Waals surface area contributed by atoms with Crippen LogP contribution in [0.1, 0.15) is 25.1 Å². The third-order valence-corrected chi connectivity index (χ3v) is 1.45. The molecule has 0 amide bonds. The van der Waals surface area contributed by atoms with E-state index in [-0.39, 0.29) is 0 Å². The van der Waals surface area contributed by atoms with E-state index in [0.717, 1.165) is 5.56 Å². The molecule has 0 atom stereocenters. The van der Waals surface area contributed by atoms with E-state index in [9.17, 15) is 5.11 Å². The van der Waals surface area contributed by atoms with Crippen molar-refractivity contribution in [3.05, 3.63) is 36.5 Å². The topological polar surface area (TPSA) is 33.1 Å². The van der Waals surface area contributed by atoms with Gasteiger partial charge in [-0.15, -0.1) is 0 Å². The second-order valence-corrected chi connectivity index (χ2v) is 3.11. The minimum atomic E-state index is -0.853. The van der Waals surface area contributed by atoms with Gasteiger partial charge in [0.25, 0.3) is 0 Å². The summed E-state index contributed by atoms with van der Waals surface area (Å²) in [4.78, 5) is 4.04. The third-order valence-electron chi connectivity index (χ3n) is 1.45. The van der Waals surface area contributed by atoms with E-state index in [4.69, 9.17) is 0 Å². The maximum atomic E-state index is 9.50. The molecular formula is C9H12NO. The van der Waals surface area contributed by atoms with Crippen molar-refractivity contribution >= 4 is 0 Å². The summed E-state index contributed by atoms with van der Waals surface area (Å²) in [6, 6.07) is 3.61. The predicted molar refractivity (Wildman–Crippen MR) is 43.9 cm³/mol. The SMILES string of the molecule is [CH2]c1ccc(C(C)(C)O)nc1. The van der Waals surface area contributed by atoms with Crippen molar-refractivity contribution in [2.45, 2.75) is 19.4 Å². The first-order valence-corrected chi connectivity index (χ1v) is 3.51. The molecule has 11 heavy (non-hydrogen) atoms. The molecule has 1 radical (unpaired) electrons. The molecule has 0 saturated heterocycles. The molecular weight excluding hydrogens is 138 g/mol. The van der Waals surface area contributed by atoms with E-state index in [0.29, 0.717) is 5.69 Å². The number of rotatable bonds is 1. The molecule has 0 aromatic carbocycles. The normalized spacial score (nSPS) is 11.6. The van der Waals surface area contributed by atoms with Crippen LogP contribution < -0.4 is 0 Å². The molecule has 1 heterocycles. The van der Waals surface area contributed by atoms with Crippen LogP contribution in [0.4, 0.5) is 0 Å². The number of nitrogens with zero attached hydrogens (tertiary/aromatic N) is 1. The Morgan fingerprint density at radius 1 is 1.45 bits per heavy atom. The molecule has 0 aliphatic heterocycles. The Morgan fingerprint density at radius 2 is 2.09 bits per heavy atom. The standard InChI is InChI=1S/C9H12NO/c1-7-4-5-8(10-6-7)9(2,3)11/h4-6,11H,1H2,2-3H3. The highest BCUT2D eigenvalue weighted by atomic mass is 16.3. The first-order chi connectivity index (χ1) is 5.00. The zero-order valence-electron chi connectivity index (χ0n) is 6.83. The average Bonchev–Trinajstić information content (AvgIpc) is 1.86. The first-order valence-electron chi connectivity index (χ1n) is 3.51. The van der Waals surface area contributed by atoms with E-state index >= 15 is 0 Å². The van der Waals surface area contributed by atoms with Crippen LogP contribution in [0, 0.1) is 6.92 Å². The summed E-state index contributed by atoms with van der Waals surface area (Å²) in [6.07, 6.45) is 1.65. The number of pyridine rings is 1. The fourth-order valence-electron chi connectivity index (χ4n) is 0.786. The van der Waals surface area contributed by atoms with Crippen LogP contribution in [0.5, 0.6) is 0 Å². The highest BCUT2D eigenvalue weighted by Crippen LogP contribution is 2.16. The van der Waals surface area contributed by atoms with E-state index in [1.54, 1.807) is 26.1 Å². The summed E-state index contributed by atoms with van der Waals surface area (Å²) < 4.78 is 0. The number of aromatic nitrogens is 1. The van der Waals surface area contributed by atoms with Gasteiger partial charge in [0.05, 0.1) is 5.69 Å². The van der Waals surface area contributed by atoms with E-state index in [1.807, 2.05) is 6.07 Å². The zero-order valence-corrected chi connectivity index (χ0v) is 6.83. The third kappa shape index (κ3) is 2.02. The second kappa shape index (κ2) is 2.62. The molecule has 0 saturated carbocycles. The Hall–Kier alpha value is -0.890. The van der Waals surface area contributed by atoms with Crippen molar-refractivity contribution in [3.8, 4) is 0 Å². The molecule has 1 rings (SSSR count). The monoisotopic (exact) mass is 150 g/mol. The summed E-state index contributed by atoms with van der Waals surface area (Å²) in [5.74, 6) is 0. The van der Waals surface area contributed by atoms with Crippen LogP contribution in [0.3, 0.4) is 0 Å². The molecule has 0 fully saturated rings. The molecule has 1 N–H and O–H groups in total. The van der Waals surface area contributed by atoms with Crippen molar-refractivity contribution in [2.24, 2.45) is 0 Å². The van der Waals surface area contributed by atoms with Crippen LogP contribution in [-0.2, 0) is 5.60 Å². The second-order valence-electron chi connectivity index (χ2n) is 3.11. The molecule has 0 aliphatic rings. The van der Waals surface area contributed by atoms with Crippen molar-refractivity contribution in [1.82, 2.24) is 4.98 Å². The Bertz CT molecular complexity index is 233. The highest BCUT2D eigenvalue weighted by Gasteiger charge is 2.16. The fraction of sp³-hybridized carbons (Fsp3) is 0.333. The predicted octanol–water partition coefficient (Wildman–Crippen LogP) is 1.49. The molecule has 59 valence electrons. The van der Waals surface area contributed by atoms with Gasteiger partial charge >= 0.3 is 0 Å². The van der Waals surface area contributed by atoms with Gasteiger partial charge in [0.2, 0.25) is 0 Å². The first kappa shape index (κ1) is 8.21. The van der Waals surface area contributed by atoms with E-state index in [1.165, 1.54) is 0 Å². The molecule has 0 unspecified atom stereocenters. The van der Waals surface area contributed by atoms with Gasteiger partial charge in [-0.1, -0.05) is 6.07 Å². The van der Waals surface area contributed by atoms with Crippen molar-refractivity contribution in [1.29, 1.82) is 0 Å². The molecule has 0 bridgehead atoms. The van der Waals surface area contributed by atoms with Crippen LogP contribution in [-0.4, -0.2) is 10.1 Å². The van der Waals surface area contributed by atoms with Crippen LogP contribution in [0.15, 0.2) is 18.3 Å². The van der Waals surface area contributed by atoms with Gasteiger partial charge in [0.15, 0.2) is 0 Å². The lowest BCUT2D eigenvalue weighted by Crippen LogP contribution is -2.17. The Labute approximate surface area is 66.9 Å². The summed E-state index contributed by atoms with van der Waals surface area (Å²) in [5, 5.41) is 9.50. The maximum absolute atomic E-state index is 9.50. The van der Waals surface area contributed by atoms with Gasteiger partial charge < -0.3 is 5.11 Å². The van der Waals surface area contributed by atoms with Gasteiger partial charge in [-0.05, 0) is 32.4 Å². The minimum Gasteiger partial charge on any atom is -0.384 e. The van der Waals surface area contributed by atoms with Crippen LogP contribution >= 0.6 is 0 Å². The Balaban J connectivity index is 2.99. The lowest BCUT2D eigenvalue weighted by molar-refractivity contribution is 0.0738. The lowest BCUT2D eigenvalue weighted by Gasteiger charge is -2.15. The van der Waals surface area contributed by atoms with Gasteiger partial charge in [0.1, 0.15) is 5.60 Å². The van der Waals surface area contributed by atoms with Gasteiger partial charge in [-0.3, -0.25) is 4.98 Å². The van der Waals surface area contributed by atoms with Crippen molar-refractivity contribution < 1.29 is 5.11 Å². The average molecular weight is 150 g/mol. The molecule has 0 aliphatic carbocycles. The summed E-state index contributed by atoms with van der Waals surface area (Å²) >= 11 is 0. The summed E-state index contributed by atoms with van der Waals surface area (Å²) in [5.41, 5.74) is 0.677. The Morgan fingerprint density at radius 3 is 2.45 bits per heavy atom. The van der Waals surface area contributed by atoms with Crippen molar-refractivity contribution in [2.75, 3.05) is 0 Å².